The van der Waals surface area contributed by atoms with Crippen LogP contribution in [0.2, 0.25) is 0 Å². The highest BCUT2D eigenvalue weighted by molar-refractivity contribution is 5.84. The number of carbonyl (C=O) groups is 4. The molecule has 1 aliphatic carbocycles. The predicted molar refractivity (Wildman–Crippen MR) is 123 cm³/mol. The fourth-order valence-electron chi connectivity index (χ4n) is 3.98. The molecular formula is C25H28N2O7. The number of carbonyl (C=O) groups excluding carboxylic acids is 3. The first-order valence-corrected chi connectivity index (χ1v) is 11.1. The molecule has 9 nitrogen and oxygen atoms in total. The van der Waals surface area contributed by atoms with Gasteiger partial charge in [0, 0.05) is 25.3 Å². The van der Waals surface area contributed by atoms with Crippen LogP contribution >= 0.6 is 0 Å². The summed E-state index contributed by atoms with van der Waals surface area (Å²) in [5.74, 6) is -2.30. The van der Waals surface area contributed by atoms with Gasteiger partial charge in [-0.3, -0.25) is 9.59 Å². The molecule has 0 fully saturated rings. The second-order valence-electron chi connectivity index (χ2n) is 7.93. The number of amides is 2. The van der Waals surface area contributed by atoms with Crippen molar-refractivity contribution in [3.63, 3.8) is 0 Å². The second-order valence-corrected chi connectivity index (χ2v) is 7.93. The Morgan fingerprint density at radius 3 is 2.18 bits per heavy atom. The van der Waals surface area contributed by atoms with Gasteiger partial charge < -0.3 is 25.2 Å². The maximum atomic E-state index is 12.2. The first kappa shape index (κ1) is 24.8. The number of fused-ring (bicyclic) bond motifs is 3. The molecular weight excluding hydrogens is 440 g/mol. The van der Waals surface area contributed by atoms with E-state index in [1.54, 1.807) is 0 Å². The fraction of sp³-hybridized carbons (Fsp3) is 0.360. The maximum Gasteiger partial charge on any atom is 0.407 e. The average molecular weight is 469 g/mol. The molecule has 0 spiro atoms. The molecule has 0 aromatic heterocycles. The lowest BCUT2D eigenvalue weighted by Crippen LogP contribution is -2.41. The van der Waals surface area contributed by atoms with Crippen LogP contribution in [0.5, 0.6) is 0 Å². The number of ether oxygens (including phenoxy) is 2. The molecule has 1 aliphatic rings. The van der Waals surface area contributed by atoms with Crippen LogP contribution in [0.1, 0.15) is 42.7 Å². The smallest absolute Gasteiger partial charge is 0.407 e. The van der Waals surface area contributed by atoms with Gasteiger partial charge in [-0.2, -0.15) is 0 Å². The molecule has 0 radical (unpaired) electrons. The SMILES string of the molecule is COC(=O)CCC(NC(=O)CCCNC(=O)OCC1c2ccccc2-c2ccccc21)C(=O)O. The van der Waals surface area contributed by atoms with Gasteiger partial charge in [0.15, 0.2) is 0 Å². The molecule has 2 aromatic carbocycles. The molecule has 0 bridgehead atoms. The summed E-state index contributed by atoms with van der Waals surface area (Å²) in [5, 5.41) is 14.2. The van der Waals surface area contributed by atoms with Gasteiger partial charge in [-0.1, -0.05) is 48.5 Å². The Bertz CT molecular complexity index is 1010. The highest BCUT2D eigenvalue weighted by atomic mass is 16.5. The van der Waals surface area contributed by atoms with E-state index >= 15 is 0 Å². The van der Waals surface area contributed by atoms with E-state index in [2.05, 4.69) is 27.5 Å². The second kappa shape index (κ2) is 11.8. The van der Waals surface area contributed by atoms with E-state index in [9.17, 15) is 24.3 Å². The lowest BCUT2D eigenvalue weighted by atomic mass is 9.98. The standard InChI is InChI=1S/C25H28N2O7/c1-33-23(29)13-12-21(24(30)31)27-22(28)11-6-14-26-25(32)34-15-20-18-9-4-2-7-16(18)17-8-3-5-10-19(17)20/h2-5,7-10,20-21H,6,11-15H2,1H3,(H,26,32)(H,27,28)(H,30,31). The van der Waals surface area contributed by atoms with E-state index < -0.39 is 30.0 Å². The number of benzene rings is 2. The fourth-order valence-corrected chi connectivity index (χ4v) is 3.98. The molecule has 3 rings (SSSR count). The third kappa shape index (κ3) is 6.34. The van der Waals surface area contributed by atoms with Crippen LogP contribution in [0.25, 0.3) is 11.1 Å². The van der Waals surface area contributed by atoms with Gasteiger partial charge in [-0.15, -0.1) is 0 Å². The highest BCUT2D eigenvalue weighted by Crippen LogP contribution is 2.44. The molecule has 1 atom stereocenters. The van der Waals surface area contributed by atoms with Gasteiger partial charge in [0.05, 0.1) is 7.11 Å². The molecule has 0 saturated carbocycles. The van der Waals surface area contributed by atoms with Crippen LogP contribution < -0.4 is 10.6 Å². The number of carboxylic acids is 1. The molecule has 0 heterocycles. The molecule has 0 aliphatic heterocycles. The maximum absolute atomic E-state index is 12.2. The predicted octanol–water partition coefficient (Wildman–Crippen LogP) is 2.83. The number of rotatable bonds is 11. The van der Waals surface area contributed by atoms with Crippen molar-refractivity contribution in [1.29, 1.82) is 0 Å². The van der Waals surface area contributed by atoms with Crippen LogP contribution in [0.3, 0.4) is 0 Å². The van der Waals surface area contributed by atoms with Crippen molar-refractivity contribution >= 4 is 23.9 Å². The summed E-state index contributed by atoms with van der Waals surface area (Å²) in [4.78, 5) is 46.6. The lowest BCUT2D eigenvalue weighted by Gasteiger charge is -2.15. The van der Waals surface area contributed by atoms with Gasteiger partial charge in [0.1, 0.15) is 12.6 Å². The summed E-state index contributed by atoms with van der Waals surface area (Å²) < 4.78 is 9.91. The Kier molecular flexibility index (Phi) is 8.61. The van der Waals surface area contributed by atoms with Crippen molar-refractivity contribution < 1.29 is 33.8 Å². The van der Waals surface area contributed by atoms with Gasteiger partial charge in [-0.25, -0.2) is 9.59 Å². The third-order valence-corrected chi connectivity index (χ3v) is 5.69. The Labute approximate surface area is 197 Å². The zero-order chi connectivity index (χ0) is 24.5. The van der Waals surface area contributed by atoms with Crippen molar-refractivity contribution in [2.45, 2.75) is 37.6 Å². The van der Waals surface area contributed by atoms with Crippen molar-refractivity contribution in [1.82, 2.24) is 10.6 Å². The zero-order valence-electron chi connectivity index (χ0n) is 18.9. The number of methoxy groups -OCH3 is 1. The van der Waals surface area contributed by atoms with Crippen molar-refractivity contribution in [2.75, 3.05) is 20.3 Å². The first-order valence-electron chi connectivity index (χ1n) is 11.1. The van der Waals surface area contributed by atoms with Crippen LogP contribution in [-0.4, -0.2) is 55.3 Å². The van der Waals surface area contributed by atoms with E-state index in [1.807, 2.05) is 36.4 Å². The average Bonchev–Trinajstić information content (AvgIpc) is 3.16. The van der Waals surface area contributed by atoms with Gasteiger partial charge in [0.2, 0.25) is 5.91 Å². The van der Waals surface area contributed by atoms with E-state index in [0.29, 0.717) is 6.42 Å². The highest BCUT2D eigenvalue weighted by Gasteiger charge is 2.29. The van der Waals surface area contributed by atoms with E-state index in [1.165, 1.54) is 7.11 Å². The molecule has 2 amide bonds. The summed E-state index contributed by atoms with van der Waals surface area (Å²) in [6.07, 6.45) is -0.433. The van der Waals surface area contributed by atoms with Gasteiger partial charge in [-0.05, 0) is 35.1 Å². The molecule has 0 saturated heterocycles. The Hall–Kier alpha value is -3.88. The van der Waals surface area contributed by atoms with Crippen LogP contribution in [0.15, 0.2) is 48.5 Å². The van der Waals surface area contributed by atoms with Crippen molar-refractivity contribution in [2.24, 2.45) is 0 Å². The minimum absolute atomic E-state index is 0.0195. The monoisotopic (exact) mass is 468 g/mol. The minimum atomic E-state index is -1.23. The number of carboxylic acid groups (broad SMARTS) is 1. The van der Waals surface area contributed by atoms with Gasteiger partial charge in [0.25, 0.3) is 0 Å². The number of nitrogens with one attached hydrogen (secondary N) is 2. The molecule has 34 heavy (non-hydrogen) atoms. The number of aliphatic carboxylic acids is 1. The number of hydrogen-bond donors (Lipinski definition) is 3. The summed E-state index contributed by atoms with van der Waals surface area (Å²) in [5.41, 5.74) is 4.52. The summed E-state index contributed by atoms with van der Waals surface area (Å²) >= 11 is 0. The largest absolute Gasteiger partial charge is 0.480 e. The number of hydrogen-bond acceptors (Lipinski definition) is 6. The van der Waals surface area contributed by atoms with Crippen LogP contribution in [-0.2, 0) is 23.9 Å². The minimum Gasteiger partial charge on any atom is -0.480 e. The van der Waals surface area contributed by atoms with Gasteiger partial charge >= 0.3 is 18.0 Å². The third-order valence-electron chi connectivity index (χ3n) is 5.69. The first-order chi connectivity index (χ1) is 16.4. The molecule has 3 N–H and O–H groups in total. The quantitative estimate of drug-likeness (QED) is 0.341. The van der Waals surface area contributed by atoms with E-state index in [-0.39, 0.29) is 38.3 Å². The summed E-state index contributed by atoms with van der Waals surface area (Å²) in [6.45, 7) is 0.394. The molecule has 1 unspecified atom stereocenters. The molecule has 9 heteroatoms. The van der Waals surface area contributed by atoms with Crippen LogP contribution in [0.4, 0.5) is 4.79 Å². The zero-order valence-corrected chi connectivity index (χ0v) is 18.9. The summed E-state index contributed by atoms with van der Waals surface area (Å²) in [7, 11) is 1.21. The topological polar surface area (TPSA) is 131 Å². The Morgan fingerprint density at radius 2 is 1.59 bits per heavy atom. The van der Waals surface area contributed by atoms with Crippen molar-refractivity contribution in [3.8, 4) is 11.1 Å². The number of esters is 1. The van der Waals surface area contributed by atoms with E-state index in [0.717, 1.165) is 22.3 Å². The molecule has 180 valence electrons. The van der Waals surface area contributed by atoms with Crippen LogP contribution in [0, 0.1) is 0 Å². The lowest BCUT2D eigenvalue weighted by molar-refractivity contribution is -0.144. The van der Waals surface area contributed by atoms with E-state index in [4.69, 9.17) is 4.74 Å². The Morgan fingerprint density at radius 1 is 0.971 bits per heavy atom. The normalized spacial score (nSPS) is 12.7. The van der Waals surface area contributed by atoms with Crippen molar-refractivity contribution in [3.05, 3.63) is 59.7 Å². The number of alkyl carbamates (subject to hydrolysis) is 1. The molecule has 2 aromatic rings. The summed E-state index contributed by atoms with van der Waals surface area (Å²) in [6, 6.07) is 14.9. The Balaban J connectivity index is 1.39.